The molecule has 2 N–H and O–H groups in total. The van der Waals surface area contributed by atoms with Crippen molar-refractivity contribution in [3.8, 4) is 0 Å². The Morgan fingerprint density at radius 3 is 1.84 bits per heavy atom. The summed E-state index contributed by atoms with van der Waals surface area (Å²) in [5.41, 5.74) is 3.75. The number of aliphatic hydroxyl groups excluding tert-OH is 1. The van der Waals surface area contributed by atoms with E-state index in [2.05, 4.69) is 5.32 Å². The van der Waals surface area contributed by atoms with E-state index in [1.54, 1.807) is 4.90 Å². The van der Waals surface area contributed by atoms with Gasteiger partial charge in [-0.2, -0.15) is 0 Å². The molecule has 0 aromatic heterocycles. The highest BCUT2D eigenvalue weighted by molar-refractivity contribution is 6.76. The zero-order valence-corrected chi connectivity index (χ0v) is 32.7. The molecule has 0 saturated carbocycles. The minimum Gasteiger partial charge on any atom is -0.445 e. The number of aliphatic hydroxyl groups is 1. The Kier molecular flexibility index (Phi) is 17.1. The lowest BCUT2D eigenvalue weighted by Crippen LogP contribution is -2.66. The second-order valence-corrected chi connectivity index (χ2v) is 15.5. The first-order valence-corrected chi connectivity index (χ1v) is 19.4. The first-order valence-electron chi connectivity index (χ1n) is 18.3. The van der Waals surface area contributed by atoms with Crippen LogP contribution in [0, 0.1) is 0 Å². The smallest absolute Gasteiger partial charge is 0.410 e. The Morgan fingerprint density at radius 1 is 0.709 bits per heavy atom. The van der Waals surface area contributed by atoms with E-state index < -0.39 is 46.4 Å². The number of benzene rings is 4. The van der Waals surface area contributed by atoms with Crippen LogP contribution in [0.25, 0.3) is 0 Å². The topological polar surface area (TPSA) is 116 Å². The average Bonchev–Trinajstić information content (AvgIpc) is 3.20. The predicted octanol–water partition coefficient (Wildman–Crippen LogP) is 7.76. The number of nitrogens with zero attached hydrogens (tertiary/aromatic N) is 1. The standard InChI is InChI=1S/C42H47Cl3N2O8/c43-42(44,45)40(49)46-36-37(48)38(53-28-33-20-10-3-11-21-33)35(30-51-27-32-18-8-2-9-19-32)55-39(36)52-25-15-5-14-24-47(26-31-16-6-1-7-17-31)41(50)54-29-34-22-12-4-13-23-34/h1-4,6-13,16-23,35-39,48H,5,14-15,24-30H2,(H,46,49)/t35-,36-,37-,38-,39-/m1/s1. The van der Waals surface area contributed by atoms with Crippen LogP contribution in [0.2, 0.25) is 0 Å². The summed E-state index contributed by atoms with van der Waals surface area (Å²) in [4.78, 5) is 27.7. The molecule has 0 aliphatic carbocycles. The van der Waals surface area contributed by atoms with Crippen LogP contribution in [-0.4, -0.2) is 76.2 Å². The van der Waals surface area contributed by atoms with Crippen LogP contribution in [0.4, 0.5) is 4.79 Å². The fourth-order valence-corrected chi connectivity index (χ4v) is 6.22. The fourth-order valence-electron chi connectivity index (χ4n) is 6.05. The average molecular weight is 814 g/mol. The Balaban J connectivity index is 1.20. The third-order valence-electron chi connectivity index (χ3n) is 8.94. The van der Waals surface area contributed by atoms with Gasteiger partial charge in [-0.3, -0.25) is 4.79 Å². The van der Waals surface area contributed by atoms with Crippen molar-refractivity contribution in [2.75, 3.05) is 19.8 Å². The van der Waals surface area contributed by atoms with E-state index in [4.69, 9.17) is 58.5 Å². The molecule has 55 heavy (non-hydrogen) atoms. The molecule has 1 saturated heterocycles. The van der Waals surface area contributed by atoms with Gasteiger partial charge < -0.3 is 39.0 Å². The van der Waals surface area contributed by atoms with Crippen molar-refractivity contribution in [1.29, 1.82) is 0 Å². The van der Waals surface area contributed by atoms with Crippen molar-refractivity contribution in [3.63, 3.8) is 0 Å². The molecule has 0 spiro atoms. The molecule has 5 atom stereocenters. The third kappa shape index (κ3) is 14.1. The summed E-state index contributed by atoms with van der Waals surface area (Å²) in [6.07, 6.45) is -2.61. The van der Waals surface area contributed by atoms with Gasteiger partial charge in [0.05, 0.1) is 19.8 Å². The summed E-state index contributed by atoms with van der Waals surface area (Å²) in [7, 11) is 0. The van der Waals surface area contributed by atoms with Crippen LogP contribution in [0.1, 0.15) is 41.5 Å². The number of ether oxygens (including phenoxy) is 5. The van der Waals surface area contributed by atoms with Crippen LogP contribution in [0.5, 0.6) is 0 Å². The number of carbonyl (C=O) groups excluding carboxylic acids is 2. The van der Waals surface area contributed by atoms with Crippen LogP contribution in [0.3, 0.4) is 0 Å². The Morgan fingerprint density at radius 2 is 1.25 bits per heavy atom. The molecular weight excluding hydrogens is 767 g/mol. The molecule has 4 aromatic carbocycles. The molecular formula is C42H47Cl3N2O8. The van der Waals surface area contributed by atoms with Crippen LogP contribution in [-0.2, 0) is 54.8 Å². The predicted molar refractivity (Wildman–Crippen MR) is 211 cm³/mol. The number of alkyl halides is 3. The highest BCUT2D eigenvalue weighted by Gasteiger charge is 2.49. The number of rotatable bonds is 19. The molecule has 5 rings (SSSR count). The number of halogens is 3. The number of hydrogen-bond acceptors (Lipinski definition) is 8. The number of hydrogen-bond donors (Lipinski definition) is 2. The third-order valence-corrected chi connectivity index (χ3v) is 9.46. The van der Waals surface area contributed by atoms with Crippen LogP contribution < -0.4 is 5.32 Å². The maximum Gasteiger partial charge on any atom is 0.410 e. The van der Waals surface area contributed by atoms with Gasteiger partial charge in [0.1, 0.15) is 31.0 Å². The van der Waals surface area contributed by atoms with Crippen molar-refractivity contribution in [3.05, 3.63) is 144 Å². The Labute approximate surface area is 337 Å². The molecule has 1 aliphatic rings. The van der Waals surface area contributed by atoms with Crippen molar-refractivity contribution < 1.29 is 38.4 Å². The lowest BCUT2D eigenvalue weighted by atomic mass is 9.96. The second-order valence-electron chi connectivity index (χ2n) is 13.2. The molecule has 4 aromatic rings. The van der Waals surface area contributed by atoms with Gasteiger partial charge in [-0.15, -0.1) is 0 Å². The van der Waals surface area contributed by atoms with Gasteiger partial charge in [-0.05, 0) is 41.5 Å². The van der Waals surface area contributed by atoms with E-state index in [1.807, 2.05) is 121 Å². The molecule has 294 valence electrons. The molecule has 1 heterocycles. The van der Waals surface area contributed by atoms with Crippen molar-refractivity contribution >= 4 is 46.8 Å². The van der Waals surface area contributed by atoms with E-state index in [0.717, 1.165) is 22.3 Å². The van der Waals surface area contributed by atoms with Crippen molar-refractivity contribution in [2.45, 2.75) is 80.1 Å². The first-order chi connectivity index (χ1) is 26.7. The SMILES string of the molecule is O=C(OCc1ccccc1)N(CCCCCO[C@@H]1O[C@H](COCc2ccccc2)[C@@H](OCc2ccccc2)[C@H](O)[C@H]1NC(=O)C(Cl)(Cl)Cl)Cc1ccccc1. The van der Waals surface area contributed by atoms with E-state index in [9.17, 15) is 14.7 Å². The number of unbranched alkanes of at least 4 members (excludes halogenated alkanes) is 2. The van der Waals surface area contributed by atoms with E-state index in [0.29, 0.717) is 39.0 Å². The minimum atomic E-state index is -2.30. The minimum absolute atomic E-state index is 0.0635. The summed E-state index contributed by atoms with van der Waals surface area (Å²) in [6, 6.07) is 37.3. The fraction of sp³-hybridized carbons (Fsp3) is 0.381. The highest BCUT2D eigenvalue weighted by Crippen LogP contribution is 2.30. The normalized spacial score (nSPS) is 19.7. The monoisotopic (exact) mass is 812 g/mol. The molecule has 2 amide bonds. The lowest BCUT2D eigenvalue weighted by molar-refractivity contribution is -0.282. The van der Waals surface area contributed by atoms with Gasteiger partial charge >= 0.3 is 6.09 Å². The summed E-state index contributed by atoms with van der Waals surface area (Å²) in [5.74, 6) is -0.947. The van der Waals surface area contributed by atoms with Gasteiger partial charge in [-0.25, -0.2) is 4.79 Å². The summed E-state index contributed by atoms with van der Waals surface area (Å²) in [5, 5.41) is 14.3. The number of amides is 2. The molecule has 10 nitrogen and oxygen atoms in total. The van der Waals surface area contributed by atoms with Crippen molar-refractivity contribution in [1.82, 2.24) is 10.2 Å². The van der Waals surface area contributed by atoms with E-state index in [-0.39, 0.29) is 26.4 Å². The molecule has 0 bridgehead atoms. The maximum atomic E-state index is 13.2. The van der Waals surface area contributed by atoms with Gasteiger partial charge in [0.15, 0.2) is 6.29 Å². The van der Waals surface area contributed by atoms with Crippen LogP contribution >= 0.6 is 34.8 Å². The zero-order chi connectivity index (χ0) is 38.9. The summed E-state index contributed by atoms with van der Waals surface area (Å²) < 4.78 is 28.2. The van der Waals surface area contributed by atoms with Gasteiger partial charge in [0, 0.05) is 19.7 Å². The van der Waals surface area contributed by atoms with Crippen molar-refractivity contribution in [2.24, 2.45) is 0 Å². The first kappa shape index (κ1) is 42.4. The van der Waals surface area contributed by atoms with Gasteiger partial charge in [-0.1, -0.05) is 156 Å². The van der Waals surface area contributed by atoms with E-state index >= 15 is 0 Å². The molecule has 0 radical (unpaired) electrons. The molecule has 1 fully saturated rings. The zero-order valence-electron chi connectivity index (χ0n) is 30.4. The van der Waals surface area contributed by atoms with Gasteiger partial charge in [0.2, 0.25) is 0 Å². The second kappa shape index (κ2) is 22.1. The largest absolute Gasteiger partial charge is 0.445 e. The number of nitrogens with one attached hydrogen (secondary N) is 1. The van der Waals surface area contributed by atoms with Gasteiger partial charge in [0.25, 0.3) is 9.70 Å². The maximum absolute atomic E-state index is 13.2. The summed E-state index contributed by atoms with van der Waals surface area (Å²) >= 11 is 17.7. The summed E-state index contributed by atoms with van der Waals surface area (Å²) in [6.45, 7) is 1.80. The number of carbonyl (C=O) groups is 2. The molecule has 13 heteroatoms. The molecule has 0 unspecified atom stereocenters. The van der Waals surface area contributed by atoms with Crippen LogP contribution in [0.15, 0.2) is 121 Å². The quantitative estimate of drug-likeness (QED) is 0.0730. The lowest BCUT2D eigenvalue weighted by Gasteiger charge is -2.44. The van der Waals surface area contributed by atoms with E-state index in [1.165, 1.54) is 0 Å². The highest BCUT2D eigenvalue weighted by atomic mass is 35.6. The molecule has 1 aliphatic heterocycles. The Bertz CT molecular complexity index is 1700. The Hall–Kier alpha value is -3.71.